The highest BCUT2D eigenvalue weighted by atomic mass is 32.1. The lowest BCUT2D eigenvalue weighted by Crippen LogP contribution is -2.46. The Balaban J connectivity index is 1.99. The third-order valence-electron chi connectivity index (χ3n) is 3.69. The van der Waals surface area contributed by atoms with Gasteiger partial charge < -0.3 is 19.7 Å². The number of carbonyl (C=O) groups is 3. The number of piperidine rings is 1. The number of hydrogen-bond acceptors (Lipinski definition) is 6. The van der Waals surface area contributed by atoms with Gasteiger partial charge in [-0.3, -0.25) is 9.59 Å². The third kappa shape index (κ3) is 4.29. The van der Waals surface area contributed by atoms with Crippen molar-refractivity contribution in [2.45, 2.75) is 12.8 Å². The van der Waals surface area contributed by atoms with Crippen LogP contribution in [0.25, 0.3) is 0 Å². The molecule has 0 bridgehead atoms. The van der Waals surface area contributed by atoms with Crippen LogP contribution in [-0.2, 0) is 19.1 Å². The van der Waals surface area contributed by atoms with E-state index in [1.807, 2.05) is 0 Å². The zero-order valence-electron chi connectivity index (χ0n) is 13.2. The zero-order chi connectivity index (χ0) is 16.8. The number of thiophene rings is 1. The molecule has 1 atom stereocenters. The summed E-state index contributed by atoms with van der Waals surface area (Å²) in [6.45, 7) is 1.63. The van der Waals surface area contributed by atoms with Gasteiger partial charge in [-0.1, -0.05) is 0 Å². The SMILES string of the molecule is COCC1CCCN(C(=O)C(=O)Nc2ccsc2C(=O)OC)C1. The minimum atomic E-state index is -0.744. The van der Waals surface area contributed by atoms with Crippen LogP contribution >= 0.6 is 11.3 Å². The highest BCUT2D eigenvalue weighted by molar-refractivity contribution is 7.12. The molecule has 1 fully saturated rings. The first-order valence-corrected chi connectivity index (χ1v) is 8.19. The molecule has 2 heterocycles. The lowest BCUT2D eigenvalue weighted by atomic mass is 9.99. The Hall–Kier alpha value is -1.93. The van der Waals surface area contributed by atoms with Crippen LogP contribution in [0.15, 0.2) is 11.4 Å². The summed E-state index contributed by atoms with van der Waals surface area (Å²) in [6, 6.07) is 1.58. The molecule has 2 amide bonds. The first kappa shape index (κ1) is 17.4. The number of likely N-dealkylation sites (tertiary alicyclic amines) is 1. The fourth-order valence-corrected chi connectivity index (χ4v) is 3.36. The summed E-state index contributed by atoms with van der Waals surface area (Å²) in [5.74, 6) is -1.63. The van der Waals surface area contributed by atoms with E-state index in [4.69, 9.17) is 4.74 Å². The Kier molecular flexibility index (Phi) is 6.12. The number of esters is 1. The Morgan fingerprint density at radius 2 is 2.17 bits per heavy atom. The van der Waals surface area contributed by atoms with Gasteiger partial charge in [0.05, 0.1) is 19.4 Å². The van der Waals surface area contributed by atoms with Crippen LogP contribution < -0.4 is 5.32 Å². The molecule has 1 aromatic rings. The van der Waals surface area contributed by atoms with Gasteiger partial charge in [0.25, 0.3) is 0 Å². The summed E-state index contributed by atoms with van der Waals surface area (Å²) in [7, 11) is 2.89. The summed E-state index contributed by atoms with van der Waals surface area (Å²) in [4.78, 5) is 37.8. The summed E-state index contributed by atoms with van der Waals surface area (Å²) >= 11 is 1.15. The highest BCUT2D eigenvalue weighted by Crippen LogP contribution is 2.23. The minimum Gasteiger partial charge on any atom is -0.465 e. The molecule has 1 aliphatic heterocycles. The fraction of sp³-hybridized carbons (Fsp3) is 0.533. The number of rotatable bonds is 4. The average molecular weight is 340 g/mol. The summed E-state index contributed by atoms with van der Waals surface area (Å²) in [5, 5.41) is 4.15. The Morgan fingerprint density at radius 1 is 1.39 bits per heavy atom. The molecule has 0 aromatic carbocycles. The van der Waals surface area contributed by atoms with Crippen molar-refractivity contribution in [3.63, 3.8) is 0 Å². The first-order chi connectivity index (χ1) is 11.1. The predicted octanol–water partition coefficient (Wildman–Crippen LogP) is 1.36. The molecular weight excluding hydrogens is 320 g/mol. The molecule has 0 spiro atoms. The van der Waals surface area contributed by atoms with Crippen molar-refractivity contribution in [1.29, 1.82) is 0 Å². The lowest BCUT2D eigenvalue weighted by Gasteiger charge is -2.31. The van der Waals surface area contributed by atoms with Crippen molar-refractivity contribution in [3.8, 4) is 0 Å². The number of carbonyl (C=O) groups excluding carboxylic acids is 3. The van der Waals surface area contributed by atoms with Crippen molar-refractivity contribution < 1.29 is 23.9 Å². The Labute approximate surface area is 138 Å². The molecule has 0 aliphatic carbocycles. The van der Waals surface area contributed by atoms with E-state index in [0.717, 1.165) is 24.2 Å². The van der Waals surface area contributed by atoms with E-state index in [1.54, 1.807) is 18.6 Å². The number of anilines is 1. The number of nitrogens with one attached hydrogen (secondary N) is 1. The molecule has 1 aliphatic rings. The molecule has 1 saturated heterocycles. The summed E-state index contributed by atoms with van der Waals surface area (Å²) in [5.41, 5.74) is 0.297. The van der Waals surface area contributed by atoms with E-state index in [1.165, 1.54) is 12.0 Å². The second-order valence-electron chi connectivity index (χ2n) is 5.32. The second-order valence-corrected chi connectivity index (χ2v) is 6.24. The highest BCUT2D eigenvalue weighted by Gasteiger charge is 2.28. The van der Waals surface area contributed by atoms with Crippen molar-refractivity contribution in [3.05, 3.63) is 16.3 Å². The first-order valence-electron chi connectivity index (χ1n) is 7.31. The van der Waals surface area contributed by atoms with Crippen LogP contribution in [0.4, 0.5) is 5.69 Å². The number of amides is 2. The third-order valence-corrected chi connectivity index (χ3v) is 4.58. The van der Waals surface area contributed by atoms with Gasteiger partial charge in [0.15, 0.2) is 0 Å². The molecule has 1 unspecified atom stereocenters. The number of ether oxygens (including phenoxy) is 2. The van der Waals surface area contributed by atoms with Gasteiger partial charge in [0.2, 0.25) is 0 Å². The van der Waals surface area contributed by atoms with Crippen molar-refractivity contribution in [2.24, 2.45) is 5.92 Å². The molecule has 1 aromatic heterocycles. The van der Waals surface area contributed by atoms with Crippen molar-refractivity contribution >= 4 is 34.8 Å². The molecule has 2 rings (SSSR count). The zero-order valence-corrected chi connectivity index (χ0v) is 14.0. The van der Waals surface area contributed by atoms with Crippen LogP contribution in [0.3, 0.4) is 0 Å². The van der Waals surface area contributed by atoms with Gasteiger partial charge in [-0.05, 0) is 30.2 Å². The quantitative estimate of drug-likeness (QED) is 0.661. The van der Waals surface area contributed by atoms with E-state index in [-0.39, 0.29) is 10.8 Å². The van der Waals surface area contributed by atoms with Crippen LogP contribution in [0.1, 0.15) is 22.5 Å². The predicted molar refractivity (Wildman–Crippen MR) is 85.5 cm³/mol. The number of nitrogens with zero attached hydrogens (tertiary/aromatic N) is 1. The second kappa shape index (κ2) is 8.07. The smallest absolute Gasteiger partial charge is 0.350 e. The molecule has 23 heavy (non-hydrogen) atoms. The molecule has 7 nitrogen and oxygen atoms in total. The minimum absolute atomic E-state index is 0.247. The molecule has 1 N–H and O–H groups in total. The van der Waals surface area contributed by atoms with Gasteiger partial charge >= 0.3 is 17.8 Å². The van der Waals surface area contributed by atoms with E-state index < -0.39 is 17.8 Å². The maximum atomic E-state index is 12.3. The van der Waals surface area contributed by atoms with E-state index in [9.17, 15) is 14.4 Å². The van der Waals surface area contributed by atoms with E-state index in [2.05, 4.69) is 10.1 Å². The van der Waals surface area contributed by atoms with Crippen LogP contribution in [0.2, 0.25) is 0 Å². The topological polar surface area (TPSA) is 84.9 Å². The largest absolute Gasteiger partial charge is 0.465 e. The maximum Gasteiger partial charge on any atom is 0.350 e. The molecule has 8 heteroatoms. The Morgan fingerprint density at radius 3 is 2.87 bits per heavy atom. The van der Waals surface area contributed by atoms with Crippen LogP contribution in [-0.4, -0.2) is 56.6 Å². The standard InChI is InChI=1S/C15H20N2O5S/c1-21-9-10-4-3-6-17(8-10)14(19)13(18)16-11-5-7-23-12(11)15(20)22-2/h5,7,10H,3-4,6,8-9H2,1-2H3,(H,16,18). The number of hydrogen-bond donors (Lipinski definition) is 1. The molecular formula is C15H20N2O5S. The van der Waals surface area contributed by atoms with Crippen molar-refractivity contribution in [2.75, 3.05) is 39.2 Å². The Bertz CT molecular complexity index is 584. The lowest BCUT2D eigenvalue weighted by molar-refractivity contribution is -0.144. The summed E-state index contributed by atoms with van der Waals surface area (Å²) in [6.07, 6.45) is 1.83. The van der Waals surface area contributed by atoms with Gasteiger partial charge in [0.1, 0.15) is 4.88 Å². The van der Waals surface area contributed by atoms with Gasteiger partial charge in [0, 0.05) is 20.2 Å². The van der Waals surface area contributed by atoms with E-state index in [0.29, 0.717) is 25.4 Å². The normalized spacial score (nSPS) is 17.7. The van der Waals surface area contributed by atoms with Crippen molar-refractivity contribution in [1.82, 2.24) is 4.90 Å². The molecule has 0 radical (unpaired) electrons. The van der Waals surface area contributed by atoms with E-state index >= 15 is 0 Å². The fourth-order valence-electron chi connectivity index (χ4n) is 2.60. The summed E-state index contributed by atoms with van der Waals surface area (Å²) < 4.78 is 9.77. The molecule has 126 valence electrons. The van der Waals surface area contributed by atoms with Crippen LogP contribution in [0.5, 0.6) is 0 Å². The molecule has 0 saturated carbocycles. The van der Waals surface area contributed by atoms with Gasteiger partial charge in [-0.25, -0.2) is 4.79 Å². The monoisotopic (exact) mass is 340 g/mol. The number of methoxy groups -OCH3 is 2. The average Bonchev–Trinajstić information content (AvgIpc) is 3.02. The maximum absolute atomic E-state index is 12.3. The van der Waals surface area contributed by atoms with Crippen LogP contribution in [0, 0.1) is 5.92 Å². The van der Waals surface area contributed by atoms with Gasteiger partial charge in [-0.2, -0.15) is 0 Å². The van der Waals surface area contributed by atoms with Gasteiger partial charge in [-0.15, -0.1) is 11.3 Å².